The number of benzene rings is 5. The van der Waals surface area contributed by atoms with Crippen molar-refractivity contribution in [2.24, 2.45) is 0 Å². The number of nitrogens with two attached hydrogens (primary N) is 1. The Bertz CT molecular complexity index is 1440. The van der Waals surface area contributed by atoms with E-state index in [1.165, 1.54) is 44.3 Å². The quantitative estimate of drug-likeness (QED) is 0.259. The van der Waals surface area contributed by atoms with Crippen LogP contribution < -0.4 is 5.73 Å². The highest BCUT2D eigenvalue weighted by atomic mass is 79.9. The molecule has 1 atom stereocenters. The molecule has 1 aliphatic carbocycles. The van der Waals surface area contributed by atoms with Crippen LogP contribution in [0, 0.1) is 0 Å². The topological polar surface area (TPSA) is 26.0 Å². The fraction of sp³-hybridized carbons (Fsp3) is 0.0345. The number of hydrogen-bond acceptors (Lipinski definition) is 1. The monoisotopic (exact) mass is 461 g/mol. The van der Waals surface area contributed by atoms with E-state index in [2.05, 4.69) is 107 Å². The summed E-state index contributed by atoms with van der Waals surface area (Å²) >= 11 is 3.68. The van der Waals surface area contributed by atoms with Crippen molar-refractivity contribution in [3.63, 3.8) is 0 Å². The van der Waals surface area contributed by atoms with Crippen molar-refractivity contribution in [3.8, 4) is 22.3 Å². The first-order chi connectivity index (χ1) is 15.2. The molecule has 0 aliphatic heterocycles. The van der Waals surface area contributed by atoms with Crippen LogP contribution in [0.3, 0.4) is 0 Å². The second kappa shape index (κ2) is 7.11. The van der Waals surface area contributed by atoms with Gasteiger partial charge in [0.15, 0.2) is 0 Å². The summed E-state index contributed by atoms with van der Waals surface area (Å²) in [6.07, 6.45) is 0. The van der Waals surface area contributed by atoms with Crippen molar-refractivity contribution in [1.29, 1.82) is 0 Å². The summed E-state index contributed by atoms with van der Waals surface area (Å²) in [5, 5.41) is 2.24. The number of anilines is 1. The van der Waals surface area contributed by atoms with Crippen molar-refractivity contribution < 1.29 is 0 Å². The number of fused-ring (bicyclic) bond motifs is 4. The van der Waals surface area contributed by atoms with Gasteiger partial charge in [0, 0.05) is 21.5 Å². The summed E-state index contributed by atoms with van der Waals surface area (Å²) in [4.78, 5) is 0. The molecule has 0 saturated heterocycles. The minimum Gasteiger partial charge on any atom is -0.398 e. The average molecular weight is 462 g/mol. The molecule has 5 aromatic carbocycles. The first kappa shape index (κ1) is 18.4. The molecule has 1 unspecified atom stereocenters. The van der Waals surface area contributed by atoms with Gasteiger partial charge in [-0.25, -0.2) is 0 Å². The highest BCUT2D eigenvalue weighted by Gasteiger charge is 2.29. The van der Waals surface area contributed by atoms with Gasteiger partial charge < -0.3 is 5.73 Å². The van der Waals surface area contributed by atoms with E-state index in [0.717, 1.165) is 15.5 Å². The number of halogens is 1. The lowest BCUT2D eigenvalue weighted by atomic mass is 9.88. The predicted octanol–water partition coefficient (Wildman–Crippen LogP) is 8.01. The van der Waals surface area contributed by atoms with Gasteiger partial charge in [0.25, 0.3) is 0 Å². The molecule has 2 N–H and O–H groups in total. The number of rotatable bonds is 2. The van der Waals surface area contributed by atoms with Gasteiger partial charge in [-0.2, -0.15) is 0 Å². The summed E-state index contributed by atoms with van der Waals surface area (Å²) in [6.45, 7) is 0. The van der Waals surface area contributed by atoms with E-state index in [-0.39, 0.29) is 5.92 Å². The van der Waals surface area contributed by atoms with Crippen LogP contribution in [0.4, 0.5) is 5.69 Å². The van der Waals surface area contributed by atoms with Gasteiger partial charge in [-0.3, -0.25) is 0 Å². The van der Waals surface area contributed by atoms with E-state index in [4.69, 9.17) is 5.73 Å². The zero-order chi connectivity index (χ0) is 20.9. The van der Waals surface area contributed by atoms with Crippen molar-refractivity contribution in [3.05, 3.63) is 124 Å². The molecule has 0 saturated carbocycles. The zero-order valence-corrected chi connectivity index (χ0v) is 18.4. The standard InChI is InChI=1S/C29H20BrN/c30-26-12-6-11-22-20(15-16-27(31)29(22)26)19-13-14-24-25(17-19)21-9-4-5-10-23(21)28(24)18-7-2-1-3-8-18/h1-17,28H,31H2. The van der Waals surface area contributed by atoms with E-state index in [1.54, 1.807) is 0 Å². The Hall–Kier alpha value is -3.36. The average Bonchev–Trinajstić information content (AvgIpc) is 3.14. The van der Waals surface area contributed by atoms with E-state index < -0.39 is 0 Å². The molecule has 0 spiro atoms. The first-order valence-electron chi connectivity index (χ1n) is 10.5. The fourth-order valence-electron chi connectivity index (χ4n) is 5.01. The molecule has 5 aromatic rings. The molecular weight excluding hydrogens is 442 g/mol. The third kappa shape index (κ3) is 2.83. The Balaban J connectivity index is 1.59. The van der Waals surface area contributed by atoms with E-state index in [9.17, 15) is 0 Å². The van der Waals surface area contributed by atoms with Crippen LogP contribution in [0.25, 0.3) is 33.0 Å². The van der Waals surface area contributed by atoms with Gasteiger partial charge in [0.2, 0.25) is 0 Å². The molecule has 2 heteroatoms. The summed E-state index contributed by atoms with van der Waals surface area (Å²) in [6, 6.07) is 36.9. The maximum atomic E-state index is 6.31. The SMILES string of the molecule is Nc1ccc(-c2ccc3c(c2)-c2ccccc2C3c2ccccc2)c2cccc(Br)c12. The molecule has 1 nitrogen and oxygen atoms in total. The van der Waals surface area contributed by atoms with Crippen LogP contribution >= 0.6 is 15.9 Å². The number of hydrogen-bond donors (Lipinski definition) is 1. The van der Waals surface area contributed by atoms with Gasteiger partial charge >= 0.3 is 0 Å². The van der Waals surface area contributed by atoms with Crippen LogP contribution in [-0.4, -0.2) is 0 Å². The van der Waals surface area contributed by atoms with E-state index >= 15 is 0 Å². The summed E-state index contributed by atoms with van der Waals surface area (Å²) < 4.78 is 1.03. The molecule has 0 amide bonds. The van der Waals surface area contributed by atoms with E-state index in [0.29, 0.717) is 0 Å². The number of nitrogen functional groups attached to an aromatic ring is 1. The summed E-state index contributed by atoms with van der Waals surface area (Å²) in [5.74, 6) is 0.277. The Morgan fingerprint density at radius 3 is 2.26 bits per heavy atom. The van der Waals surface area contributed by atoms with Crippen LogP contribution in [0.15, 0.2) is 108 Å². The van der Waals surface area contributed by atoms with Crippen LogP contribution in [0.5, 0.6) is 0 Å². The molecule has 6 rings (SSSR count). The lowest BCUT2D eigenvalue weighted by molar-refractivity contribution is 1.02. The highest BCUT2D eigenvalue weighted by molar-refractivity contribution is 9.10. The fourth-order valence-corrected chi connectivity index (χ4v) is 5.61. The van der Waals surface area contributed by atoms with Gasteiger partial charge in [0.05, 0.1) is 0 Å². The molecule has 31 heavy (non-hydrogen) atoms. The lowest BCUT2D eigenvalue weighted by Gasteiger charge is -2.15. The molecule has 1 aliphatic rings. The largest absolute Gasteiger partial charge is 0.398 e. The van der Waals surface area contributed by atoms with E-state index in [1.807, 2.05) is 12.1 Å². The van der Waals surface area contributed by atoms with Crippen molar-refractivity contribution in [2.75, 3.05) is 5.73 Å². The Morgan fingerprint density at radius 2 is 1.39 bits per heavy atom. The maximum absolute atomic E-state index is 6.31. The summed E-state index contributed by atoms with van der Waals surface area (Å²) in [7, 11) is 0. The molecule has 0 aromatic heterocycles. The molecule has 0 radical (unpaired) electrons. The molecular formula is C29H20BrN. The van der Waals surface area contributed by atoms with Crippen molar-refractivity contribution in [2.45, 2.75) is 5.92 Å². The highest BCUT2D eigenvalue weighted by Crippen LogP contribution is 2.49. The smallest absolute Gasteiger partial charge is 0.0405 e. The van der Waals surface area contributed by atoms with Gasteiger partial charge in [-0.15, -0.1) is 0 Å². The van der Waals surface area contributed by atoms with Crippen molar-refractivity contribution >= 4 is 32.4 Å². The molecule has 0 bridgehead atoms. The second-order valence-corrected chi connectivity index (χ2v) is 8.95. The predicted molar refractivity (Wildman–Crippen MR) is 134 cm³/mol. The van der Waals surface area contributed by atoms with Gasteiger partial charge in [-0.1, -0.05) is 101 Å². The molecule has 0 fully saturated rings. The third-order valence-corrected chi connectivity index (χ3v) is 7.05. The van der Waals surface area contributed by atoms with Crippen molar-refractivity contribution in [1.82, 2.24) is 0 Å². The normalized spacial score (nSPS) is 14.4. The molecule has 0 heterocycles. The second-order valence-electron chi connectivity index (χ2n) is 8.10. The van der Waals surface area contributed by atoms with Crippen LogP contribution in [0.2, 0.25) is 0 Å². The Morgan fingerprint density at radius 1 is 0.613 bits per heavy atom. The minimum atomic E-state index is 0.277. The van der Waals surface area contributed by atoms with Crippen LogP contribution in [-0.2, 0) is 0 Å². The lowest BCUT2D eigenvalue weighted by Crippen LogP contribution is -1.98. The van der Waals surface area contributed by atoms with Gasteiger partial charge in [0.1, 0.15) is 0 Å². The molecule has 148 valence electrons. The Labute approximate surface area is 190 Å². The maximum Gasteiger partial charge on any atom is 0.0405 e. The zero-order valence-electron chi connectivity index (χ0n) is 16.8. The third-order valence-electron chi connectivity index (χ3n) is 6.39. The Kier molecular flexibility index (Phi) is 4.22. The first-order valence-corrected chi connectivity index (χ1v) is 11.3. The van der Waals surface area contributed by atoms with Crippen LogP contribution in [0.1, 0.15) is 22.6 Å². The van der Waals surface area contributed by atoms with Gasteiger partial charge in [-0.05, 0) is 62.5 Å². The summed E-state index contributed by atoms with van der Waals surface area (Å²) in [5.41, 5.74) is 16.3. The minimum absolute atomic E-state index is 0.277.